The Morgan fingerprint density at radius 2 is 2.21 bits per heavy atom. The Balaban J connectivity index is 1.50. The Morgan fingerprint density at radius 3 is 3.03 bits per heavy atom. The molecule has 29 heavy (non-hydrogen) atoms. The molecule has 2 bridgehead atoms. The first-order chi connectivity index (χ1) is 14.0. The van der Waals surface area contributed by atoms with E-state index in [1.807, 2.05) is 12.3 Å². The number of carbonyl (C=O) groups is 1. The van der Waals surface area contributed by atoms with Crippen molar-refractivity contribution < 1.29 is 14.6 Å². The molecule has 5 heteroatoms. The van der Waals surface area contributed by atoms with Gasteiger partial charge in [0.2, 0.25) is 5.91 Å². The van der Waals surface area contributed by atoms with E-state index in [-0.39, 0.29) is 41.9 Å². The zero-order valence-corrected chi connectivity index (χ0v) is 17.2. The number of pyridine rings is 1. The topological polar surface area (TPSA) is 71.5 Å². The highest BCUT2D eigenvalue weighted by molar-refractivity contribution is 5.79. The lowest BCUT2D eigenvalue weighted by Crippen LogP contribution is -2.59. The molecular formula is C24H30N2O3. The Bertz CT molecular complexity index is 943. The van der Waals surface area contributed by atoms with E-state index in [2.05, 4.69) is 48.4 Å². The fourth-order valence-corrected chi connectivity index (χ4v) is 6.72. The molecule has 5 atom stereocenters. The summed E-state index contributed by atoms with van der Waals surface area (Å²) in [5.41, 5.74) is 2.37. The number of nitrogens with zero attached hydrogens (tertiary/aromatic N) is 1. The molecule has 1 unspecified atom stereocenters. The molecule has 1 aromatic carbocycles. The van der Waals surface area contributed by atoms with Gasteiger partial charge in [-0.1, -0.05) is 26.0 Å². The van der Waals surface area contributed by atoms with Crippen LogP contribution in [0.15, 0.2) is 36.5 Å². The molecule has 154 valence electrons. The SMILES string of the molecule is CC1(C)[C@@H]2C[C@@H]3[C@@H](c4ccc5ncccc5c4)OCCC3(C2)[C@H]1NC(=O)CCO. The molecule has 3 fully saturated rings. The molecular weight excluding hydrogens is 364 g/mol. The molecule has 2 saturated carbocycles. The number of aliphatic hydroxyl groups is 1. The van der Waals surface area contributed by atoms with Gasteiger partial charge in [0.05, 0.1) is 18.2 Å². The molecule has 0 radical (unpaired) electrons. The van der Waals surface area contributed by atoms with Gasteiger partial charge in [0.25, 0.3) is 0 Å². The third kappa shape index (κ3) is 2.82. The minimum absolute atomic E-state index is 0.0360. The third-order valence-corrected chi connectivity index (χ3v) is 8.10. The van der Waals surface area contributed by atoms with Crippen LogP contribution >= 0.6 is 0 Å². The van der Waals surface area contributed by atoms with Gasteiger partial charge < -0.3 is 15.2 Å². The van der Waals surface area contributed by atoms with Gasteiger partial charge in [-0.25, -0.2) is 0 Å². The van der Waals surface area contributed by atoms with Gasteiger partial charge in [-0.05, 0) is 65.7 Å². The normalized spacial score (nSPS) is 34.9. The fraction of sp³-hybridized carbons (Fsp3) is 0.583. The van der Waals surface area contributed by atoms with Gasteiger partial charge in [-0.15, -0.1) is 0 Å². The maximum absolute atomic E-state index is 12.4. The highest BCUT2D eigenvalue weighted by atomic mass is 16.5. The molecule has 1 amide bonds. The van der Waals surface area contributed by atoms with Crippen molar-refractivity contribution in [2.75, 3.05) is 13.2 Å². The predicted molar refractivity (Wildman–Crippen MR) is 111 cm³/mol. The van der Waals surface area contributed by atoms with E-state index in [0.717, 1.165) is 36.8 Å². The molecule has 1 spiro atoms. The molecule has 2 heterocycles. The number of benzene rings is 1. The van der Waals surface area contributed by atoms with Crippen LogP contribution in [0, 0.1) is 22.7 Å². The van der Waals surface area contributed by atoms with Crippen LogP contribution in [0.2, 0.25) is 0 Å². The fourth-order valence-electron chi connectivity index (χ4n) is 6.72. The monoisotopic (exact) mass is 394 g/mol. The number of aliphatic hydroxyl groups excluding tert-OH is 1. The number of fused-ring (bicyclic) bond motifs is 2. The minimum atomic E-state index is -0.101. The summed E-state index contributed by atoms with van der Waals surface area (Å²) in [5.74, 6) is 0.951. The summed E-state index contributed by atoms with van der Waals surface area (Å²) in [6.07, 6.45) is 5.36. The van der Waals surface area contributed by atoms with E-state index in [1.54, 1.807) is 0 Å². The van der Waals surface area contributed by atoms with Crippen molar-refractivity contribution in [1.82, 2.24) is 10.3 Å². The van der Waals surface area contributed by atoms with Gasteiger partial charge in [0, 0.05) is 30.7 Å². The van der Waals surface area contributed by atoms with Crippen molar-refractivity contribution >= 4 is 16.8 Å². The third-order valence-electron chi connectivity index (χ3n) is 8.10. The molecule has 2 N–H and O–H groups in total. The summed E-state index contributed by atoms with van der Waals surface area (Å²) < 4.78 is 6.37. The number of ether oxygens (including phenoxy) is 1. The quantitative estimate of drug-likeness (QED) is 0.831. The van der Waals surface area contributed by atoms with E-state index in [9.17, 15) is 9.90 Å². The maximum Gasteiger partial charge on any atom is 0.222 e. The van der Waals surface area contributed by atoms with Crippen LogP contribution in [-0.2, 0) is 9.53 Å². The van der Waals surface area contributed by atoms with Crippen LogP contribution in [-0.4, -0.2) is 35.3 Å². The van der Waals surface area contributed by atoms with Crippen molar-refractivity contribution in [3.63, 3.8) is 0 Å². The second kappa shape index (κ2) is 6.78. The van der Waals surface area contributed by atoms with Gasteiger partial charge in [-0.3, -0.25) is 9.78 Å². The van der Waals surface area contributed by atoms with Crippen molar-refractivity contribution in [3.8, 4) is 0 Å². The summed E-state index contributed by atoms with van der Waals surface area (Å²) in [5, 5.41) is 13.7. The van der Waals surface area contributed by atoms with Crippen molar-refractivity contribution in [3.05, 3.63) is 42.1 Å². The van der Waals surface area contributed by atoms with E-state index in [1.165, 1.54) is 5.56 Å². The summed E-state index contributed by atoms with van der Waals surface area (Å²) in [6.45, 7) is 5.23. The van der Waals surface area contributed by atoms with Gasteiger partial charge in [0.15, 0.2) is 0 Å². The number of carbonyl (C=O) groups excluding carboxylic acids is 1. The number of nitrogens with one attached hydrogen (secondary N) is 1. The number of hydrogen-bond acceptors (Lipinski definition) is 4. The van der Waals surface area contributed by atoms with E-state index >= 15 is 0 Å². The summed E-state index contributed by atoms with van der Waals surface area (Å²) >= 11 is 0. The lowest BCUT2D eigenvalue weighted by molar-refractivity contribution is -0.137. The lowest BCUT2D eigenvalue weighted by Gasteiger charge is -2.53. The second-order valence-corrected chi connectivity index (χ2v) is 9.77. The van der Waals surface area contributed by atoms with E-state index < -0.39 is 0 Å². The van der Waals surface area contributed by atoms with Gasteiger partial charge >= 0.3 is 0 Å². The first-order valence-electron chi connectivity index (χ1n) is 10.8. The Morgan fingerprint density at radius 1 is 1.34 bits per heavy atom. The van der Waals surface area contributed by atoms with E-state index in [4.69, 9.17) is 4.74 Å². The van der Waals surface area contributed by atoms with Crippen LogP contribution in [0.3, 0.4) is 0 Å². The zero-order valence-electron chi connectivity index (χ0n) is 17.2. The van der Waals surface area contributed by atoms with Crippen LogP contribution in [0.5, 0.6) is 0 Å². The number of hydrogen-bond donors (Lipinski definition) is 2. The zero-order chi connectivity index (χ0) is 20.2. The smallest absolute Gasteiger partial charge is 0.222 e. The highest BCUT2D eigenvalue weighted by Gasteiger charge is 2.68. The molecule has 5 rings (SSSR count). The average Bonchev–Trinajstić information content (AvgIpc) is 3.20. The van der Waals surface area contributed by atoms with Crippen LogP contribution in [0.4, 0.5) is 0 Å². The molecule has 2 aromatic rings. The van der Waals surface area contributed by atoms with Gasteiger partial charge in [-0.2, -0.15) is 0 Å². The van der Waals surface area contributed by atoms with Crippen molar-refractivity contribution in [2.24, 2.45) is 22.7 Å². The Kier molecular flexibility index (Phi) is 4.44. The molecule has 1 aromatic heterocycles. The van der Waals surface area contributed by atoms with Gasteiger partial charge in [0.1, 0.15) is 0 Å². The average molecular weight is 395 g/mol. The number of aromatic nitrogens is 1. The predicted octanol–water partition coefficient (Wildman–Crippen LogP) is 3.62. The highest BCUT2D eigenvalue weighted by Crippen LogP contribution is 2.70. The van der Waals surface area contributed by atoms with Crippen molar-refractivity contribution in [1.29, 1.82) is 0 Å². The summed E-state index contributed by atoms with van der Waals surface area (Å²) in [4.78, 5) is 16.9. The lowest BCUT2D eigenvalue weighted by atomic mass is 9.58. The second-order valence-electron chi connectivity index (χ2n) is 9.77. The molecule has 5 nitrogen and oxygen atoms in total. The Labute approximate surface area is 171 Å². The summed E-state index contributed by atoms with van der Waals surface area (Å²) in [7, 11) is 0. The summed E-state index contributed by atoms with van der Waals surface area (Å²) in [6, 6.07) is 10.7. The largest absolute Gasteiger partial charge is 0.396 e. The minimum Gasteiger partial charge on any atom is -0.396 e. The first-order valence-corrected chi connectivity index (χ1v) is 10.8. The molecule has 1 saturated heterocycles. The van der Waals surface area contributed by atoms with Crippen LogP contribution in [0.1, 0.15) is 51.2 Å². The van der Waals surface area contributed by atoms with E-state index in [0.29, 0.717) is 11.8 Å². The van der Waals surface area contributed by atoms with Crippen LogP contribution < -0.4 is 5.32 Å². The maximum atomic E-state index is 12.4. The molecule has 2 aliphatic carbocycles. The van der Waals surface area contributed by atoms with Crippen LogP contribution in [0.25, 0.3) is 10.9 Å². The standard InChI is InChI=1S/C24H30N2O3/c1-23(2)17-13-18-21(16-5-6-19-15(12-16)4-3-9-25-19)29-11-8-24(18,14-17)22(23)26-20(28)7-10-27/h3-6,9,12,17-18,21-22,27H,7-8,10-11,13-14H2,1-2H3,(H,26,28)/t17-,18-,21-,22+,24?/m1/s1. The molecule has 3 aliphatic rings. The number of rotatable bonds is 4. The first kappa shape index (κ1) is 19.0. The number of amides is 1. The molecule has 1 aliphatic heterocycles. The van der Waals surface area contributed by atoms with Crippen molar-refractivity contribution in [2.45, 2.75) is 51.7 Å². The Hall–Kier alpha value is -1.98.